The fourth-order valence-corrected chi connectivity index (χ4v) is 2.41. The van der Waals surface area contributed by atoms with Crippen LogP contribution in [0.2, 0.25) is 0 Å². The van der Waals surface area contributed by atoms with E-state index in [-0.39, 0.29) is 15.8 Å². The van der Waals surface area contributed by atoms with Crippen molar-refractivity contribution in [1.29, 1.82) is 0 Å². The van der Waals surface area contributed by atoms with Crippen molar-refractivity contribution in [1.82, 2.24) is 15.4 Å². The predicted octanol–water partition coefficient (Wildman–Crippen LogP) is 2.26. The third-order valence-electron chi connectivity index (χ3n) is 3.06. The van der Waals surface area contributed by atoms with Gasteiger partial charge in [0.05, 0.1) is 27.7 Å². The molecule has 9 heteroatoms. The first-order valence-corrected chi connectivity index (χ1v) is 7.10. The summed E-state index contributed by atoms with van der Waals surface area (Å²) in [6, 6.07) is 2.23. The molecule has 0 spiro atoms. The van der Waals surface area contributed by atoms with E-state index in [1.165, 1.54) is 11.1 Å². The van der Waals surface area contributed by atoms with E-state index in [2.05, 4.69) is 15.4 Å². The highest BCUT2D eigenvalue weighted by atomic mass is 127. The van der Waals surface area contributed by atoms with Gasteiger partial charge in [-0.1, -0.05) is 0 Å². The minimum absolute atomic E-state index is 0.108. The third kappa shape index (κ3) is 2.82. The van der Waals surface area contributed by atoms with Crippen LogP contribution in [0.4, 0.5) is 19.3 Å². The van der Waals surface area contributed by atoms with Gasteiger partial charge in [0.2, 0.25) is 0 Å². The lowest BCUT2D eigenvalue weighted by molar-refractivity contribution is 0.141. The van der Waals surface area contributed by atoms with Crippen LogP contribution in [0.25, 0.3) is 0 Å². The highest BCUT2D eigenvalue weighted by Gasteiger charge is 2.33. The van der Waals surface area contributed by atoms with Gasteiger partial charge in [0.25, 0.3) is 0 Å². The Morgan fingerprint density at radius 2 is 2.14 bits per heavy atom. The summed E-state index contributed by atoms with van der Waals surface area (Å²) in [7, 11) is 0. The number of aromatic amines is 1. The Morgan fingerprint density at radius 1 is 1.43 bits per heavy atom. The summed E-state index contributed by atoms with van der Waals surface area (Å²) in [6.07, 6.45) is 0.839. The van der Waals surface area contributed by atoms with Gasteiger partial charge >= 0.3 is 6.09 Å². The van der Waals surface area contributed by atoms with E-state index in [4.69, 9.17) is 4.74 Å². The summed E-state index contributed by atoms with van der Waals surface area (Å²) < 4.78 is 32.2. The van der Waals surface area contributed by atoms with Gasteiger partial charge in [0.1, 0.15) is 17.7 Å². The first kappa shape index (κ1) is 14.2. The Hall–Kier alpha value is -1.78. The number of halogens is 3. The van der Waals surface area contributed by atoms with E-state index in [9.17, 15) is 13.6 Å². The van der Waals surface area contributed by atoms with Crippen LogP contribution in [0.5, 0.6) is 0 Å². The van der Waals surface area contributed by atoms with Crippen molar-refractivity contribution in [2.45, 2.75) is 12.5 Å². The van der Waals surface area contributed by atoms with Crippen molar-refractivity contribution < 1.29 is 18.3 Å². The first-order chi connectivity index (χ1) is 10.0. The van der Waals surface area contributed by atoms with Crippen molar-refractivity contribution in [3.63, 3.8) is 0 Å². The van der Waals surface area contributed by atoms with Crippen LogP contribution >= 0.6 is 22.6 Å². The predicted molar refractivity (Wildman–Crippen MR) is 76.8 cm³/mol. The van der Waals surface area contributed by atoms with Gasteiger partial charge in [0.15, 0.2) is 0 Å². The zero-order chi connectivity index (χ0) is 15.0. The molecule has 1 amide bonds. The van der Waals surface area contributed by atoms with Crippen LogP contribution in [-0.4, -0.2) is 34.2 Å². The van der Waals surface area contributed by atoms with Crippen LogP contribution < -0.4 is 4.90 Å². The van der Waals surface area contributed by atoms with Crippen LogP contribution in [0.3, 0.4) is 0 Å². The number of H-pyrrole nitrogens is 1. The number of nitrogens with one attached hydrogen (secondary N) is 1. The minimum Gasteiger partial charge on any atom is -0.444 e. The summed E-state index contributed by atoms with van der Waals surface area (Å²) in [4.78, 5) is 13.0. The molecule has 1 aromatic carbocycles. The third-order valence-corrected chi connectivity index (χ3v) is 4.09. The van der Waals surface area contributed by atoms with Crippen LogP contribution in [0, 0.1) is 15.2 Å². The molecule has 110 valence electrons. The molecule has 1 aromatic heterocycles. The summed E-state index contributed by atoms with van der Waals surface area (Å²) in [6.45, 7) is 0.200. The molecule has 0 bridgehead atoms. The maximum absolute atomic E-state index is 13.6. The summed E-state index contributed by atoms with van der Waals surface area (Å²) >= 11 is 1.57. The molecule has 0 aliphatic carbocycles. The van der Waals surface area contributed by atoms with Gasteiger partial charge < -0.3 is 4.74 Å². The highest BCUT2D eigenvalue weighted by molar-refractivity contribution is 14.1. The highest BCUT2D eigenvalue weighted by Crippen LogP contribution is 2.27. The second kappa shape index (κ2) is 5.54. The summed E-state index contributed by atoms with van der Waals surface area (Å²) in [5.41, 5.74) is 0.785. The lowest BCUT2D eigenvalue weighted by Crippen LogP contribution is -2.25. The Bertz CT molecular complexity index is 657. The number of cyclic esters (lactones) is 1. The molecule has 3 rings (SSSR count). The fraction of sp³-hybridized carbons (Fsp3) is 0.250. The normalized spacial score (nSPS) is 18.1. The quantitative estimate of drug-likeness (QED) is 0.627. The smallest absolute Gasteiger partial charge is 0.414 e. The zero-order valence-corrected chi connectivity index (χ0v) is 12.7. The average Bonchev–Trinajstić information content (AvgIpc) is 3.06. The SMILES string of the molecule is O=C1O[C@H](Cc2cn[nH]n2)CN1c1cc(F)c(I)c(F)c1. The van der Waals surface area contributed by atoms with E-state index in [0.717, 1.165) is 12.1 Å². The van der Waals surface area contributed by atoms with Crippen molar-refractivity contribution in [3.8, 4) is 0 Å². The maximum atomic E-state index is 13.6. The number of rotatable bonds is 3. The van der Waals surface area contributed by atoms with Crippen molar-refractivity contribution >= 4 is 34.4 Å². The molecule has 0 unspecified atom stereocenters. The zero-order valence-electron chi connectivity index (χ0n) is 10.5. The van der Waals surface area contributed by atoms with Crippen LogP contribution in [-0.2, 0) is 11.2 Å². The molecular formula is C12H9F2IN4O2. The topological polar surface area (TPSA) is 71.1 Å². The molecular weight excluding hydrogens is 397 g/mol. The van der Waals surface area contributed by atoms with E-state index >= 15 is 0 Å². The van der Waals surface area contributed by atoms with Gasteiger partial charge in [-0.2, -0.15) is 15.4 Å². The molecule has 21 heavy (non-hydrogen) atoms. The molecule has 2 heterocycles. The molecule has 1 aliphatic heterocycles. The van der Waals surface area contributed by atoms with Crippen LogP contribution in [0.15, 0.2) is 18.3 Å². The largest absolute Gasteiger partial charge is 0.444 e. The number of hydrogen-bond acceptors (Lipinski definition) is 4. The second-order valence-electron chi connectivity index (χ2n) is 4.51. The number of hydrogen-bond donors (Lipinski definition) is 1. The average molecular weight is 406 g/mol. The number of carbonyl (C=O) groups excluding carboxylic acids is 1. The van der Waals surface area contributed by atoms with Gasteiger partial charge in [-0.05, 0) is 34.7 Å². The molecule has 1 saturated heterocycles. The number of amides is 1. The Labute approximate surface area is 131 Å². The van der Waals surface area contributed by atoms with E-state index in [1.54, 1.807) is 22.6 Å². The maximum Gasteiger partial charge on any atom is 0.414 e. The number of aromatic nitrogens is 3. The minimum atomic E-state index is -0.710. The fourth-order valence-electron chi connectivity index (χ4n) is 2.09. The van der Waals surface area contributed by atoms with Gasteiger partial charge in [-0.15, -0.1) is 0 Å². The molecule has 1 fully saturated rings. The molecule has 1 N–H and O–H groups in total. The van der Waals surface area contributed by atoms with Gasteiger partial charge in [-0.25, -0.2) is 13.6 Å². The Kier molecular flexibility index (Phi) is 3.74. The lowest BCUT2D eigenvalue weighted by atomic mass is 10.2. The van der Waals surface area contributed by atoms with Crippen molar-refractivity contribution in [3.05, 3.63) is 39.2 Å². The number of ether oxygens (including phenoxy) is 1. The monoisotopic (exact) mass is 406 g/mol. The number of nitrogens with zero attached hydrogens (tertiary/aromatic N) is 3. The summed E-state index contributed by atoms with van der Waals surface area (Å²) in [5.74, 6) is -1.42. The standard InChI is InChI=1S/C12H9F2IN4O2/c13-9-2-7(3-10(14)11(9)15)19-5-8(21-12(19)20)1-6-4-16-18-17-6/h2-4,8H,1,5H2,(H,16,17,18)/t8-/m1/s1. The van der Waals surface area contributed by atoms with Crippen molar-refractivity contribution in [2.75, 3.05) is 11.4 Å². The van der Waals surface area contributed by atoms with Gasteiger partial charge in [0, 0.05) is 6.42 Å². The van der Waals surface area contributed by atoms with Crippen molar-refractivity contribution in [2.24, 2.45) is 0 Å². The first-order valence-electron chi connectivity index (χ1n) is 6.02. The molecule has 1 aliphatic rings. The number of anilines is 1. The van der Waals surface area contributed by atoms with E-state index in [1.807, 2.05) is 0 Å². The lowest BCUT2D eigenvalue weighted by Gasteiger charge is -2.13. The number of carbonyl (C=O) groups is 1. The number of benzene rings is 1. The molecule has 6 nitrogen and oxygen atoms in total. The van der Waals surface area contributed by atoms with Crippen LogP contribution in [0.1, 0.15) is 5.69 Å². The summed E-state index contributed by atoms with van der Waals surface area (Å²) in [5, 5.41) is 10.0. The van der Waals surface area contributed by atoms with E-state index in [0.29, 0.717) is 12.1 Å². The van der Waals surface area contributed by atoms with Gasteiger partial charge in [-0.3, -0.25) is 4.90 Å². The van der Waals surface area contributed by atoms with E-state index < -0.39 is 23.8 Å². The molecule has 1 atom stereocenters. The molecule has 2 aromatic rings. The molecule has 0 radical (unpaired) electrons. The Balaban J connectivity index is 1.79. The Morgan fingerprint density at radius 3 is 2.76 bits per heavy atom. The second-order valence-corrected chi connectivity index (χ2v) is 5.58. The molecule has 0 saturated carbocycles.